The number of nitrogens with one attached hydrogen (secondary N) is 2. The first-order valence-corrected chi connectivity index (χ1v) is 7.82. The van der Waals surface area contributed by atoms with Crippen LogP contribution in [0.4, 0.5) is 5.69 Å². The van der Waals surface area contributed by atoms with Crippen molar-refractivity contribution in [1.29, 1.82) is 5.41 Å². The van der Waals surface area contributed by atoms with Gasteiger partial charge in [0.25, 0.3) is 5.91 Å². The van der Waals surface area contributed by atoms with Gasteiger partial charge in [-0.1, -0.05) is 24.3 Å². The van der Waals surface area contributed by atoms with Crippen molar-refractivity contribution < 1.29 is 18.7 Å². The fourth-order valence-corrected chi connectivity index (χ4v) is 2.50. The molecule has 0 aliphatic carbocycles. The fourth-order valence-electron chi connectivity index (χ4n) is 2.50. The van der Waals surface area contributed by atoms with Gasteiger partial charge in [0.1, 0.15) is 11.3 Å². The topological polar surface area (TPSA) is 84.6 Å². The lowest BCUT2D eigenvalue weighted by Gasteiger charge is -2.11. The van der Waals surface area contributed by atoms with Crippen LogP contribution in [0.5, 0.6) is 11.5 Å². The quantitative estimate of drug-likeness (QED) is 0.745. The summed E-state index contributed by atoms with van der Waals surface area (Å²) in [6.45, 7) is 2.36. The van der Waals surface area contributed by atoms with Crippen molar-refractivity contribution in [2.45, 2.75) is 6.92 Å². The number of anilines is 1. The molecule has 0 saturated carbocycles. The molecule has 0 unspecified atom stereocenters. The van der Waals surface area contributed by atoms with Gasteiger partial charge < -0.3 is 19.2 Å². The molecule has 2 aromatic carbocycles. The molecule has 128 valence electrons. The second kappa shape index (κ2) is 7.09. The van der Waals surface area contributed by atoms with Gasteiger partial charge in [-0.05, 0) is 31.2 Å². The third-order valence-corrected chi connectivity index (χ3v) is 3.66. The fraction of sp³-hybridized carbons (Fsp3) is 0.158. The van der Waals surface area contributed by atoms with Crippen molar-refractivity contribution >= 4 is 22.6 Å². The molecular formula is C19H18N2O4. The van der Waals surface area contributed by atoms with Gasteiger partial charge >= 0.3 is 0 Å². The molecule has 0 bridgehead atoms. The molecule has 0 saturated heterocycles. The highest BCUT2D eigenvalue weighted by Crippen LogP contribution is 2.26. The summed E-state index contributed by atoms with van der Waals surface area (Å²) in [7, 11) is 1.53. The molecule has 3 rings (SSSR count). The summed E-state index contributed by atoms with van der Waals surface area (Å²) in [5.41, 5.74) is 0.871. The number of hydrogen-bond donors (Lipinski definition) is 2. The molecular weight excluding hydrogens is 320 g/mol. The van der Waals surface area contributed by atoms with Crippen molar-refractivity contribution in [2.24, 2.45) is 0 Å². The summed E-state index contributed by atoms with van der Waals surface area (Å²) < 4.78 is 16.2. The number of carbonyl (C=O) groups excluding carboxylic acids is 1. The van der Waals surface area contributed by atoms with Crippen molar-refractivity contribution in [3.63, 3.8) is 0 Å². The van der Waals surface area contributed by atoms with E-state index < -0.39 is 5.91 Å². The number of amides is 1. The minimum absolute atomic E-state index is 0.132. The molecule has 1 amide bonds. The Kier molecular flexibility index (Phi) is 4.70. The zero-order chi connectivity index (χ0) is 17.8. The molecule has 2 N–H and O–H groups in total. The number of methoxy groups -OCH3 is 1. The summed E-state index contributed by atoms with van der Waals surface area (Å²) in [6, 6.07) is 14.1. The van der Waals surface area contributed by atoms with Crippen molar-refractivity contribution in [3.05, 3.63) is 59.6 Å². The third-order valence-electron chi connectivity index (χ3n) is 3.66. The van der Waals surface area contributed by atoms with Gasteiger partial charge in [0.15, 0.2) is 11.3 Å². The Labute approximate surface area is 144 Å². The summed E-state index contributed by atoms with van der Waals surface area (Å²) in [4.78, 5) is 12.6. The molecule has 0 spiro atoms. The summed E-state index contributed by atoms with van der Waals surface area (Å²) in [5, 5.41) is 11.5. The van der Waals surface area contributed by atoms with Crippen LogP contribution < -0.4 is 20.3 Å². The first-order chi connectivity index (χ1) is 12.1. The largest absolute Gasteiger partial charge is 0.493 e. The number of benzene rings is 2. The van der Waals surface area contributed by atoms with Gasteiger partial charge in [0, 0.05) is 5.39 Å². The number of carbonyl (C=O) groups is 1. The maximum absolute atomic E-state index is 12.6. The van der Waals surface area contributed by atoms with E-state index in [0.717, 1.165) is 0 Å². The van der Waals surface area contributed by atoms with E-state index in [1.165, 1.54) is 7.11 Å². The van der Waals surface area contributed by atoms with E-state index in [2.05, 4.69) is 5.32 Å². The van der Waals surface area contributed by atoms with Crippen molar-refractivity contribution in [2.75, 3.05) is 19.0 Å². The van der Waals surface area contributed by atoms with Crippen LogP contribution in [0.2, 0.25) is 0 Å². The van der Waals surface area contributed by atoms with Gasteiger partial charge in [-0.2, -0.15) is 0 Å². The first-order valence-electron chi connectivity index (χ1n) is 7.82. The average Bonchev–Trinajstić information content (AvgIpc) is 2.62. The monoisotopic (exact) mass is 338 g/mol. The van der Waals surface area contributed by atoms with Crippen LogP contribution in [-0.4, -0.2) is 19.6 Å². The molecule has 0 aliphatic rings. The van der Waals surface area contributed by atoms with Gasteiger partial charge in [-0.15, -0.1) is 0 Å². The van der Waals surface area contributed by atoms with Gasteiger partial charge in [-0.25, -0.2) is 0 Å². The Hall–Kier alpha value is -3.28. The second-order valence-electron chi connectivity index (χ2n) is 5.25. The lowest BCUT2D eigenvalue weighted by Crippen LogP contribution is -2.21. The van der Waals surface area contributed by atoms with E-state index in [1.807, 2.05) is 13.0 Å². The van der Waals surface area contributed by atoms with Crippen LogP contribution in [0.15, 0.2) is 52.9 Å². The molecule has 6 heteroatoms. The summed E-state index contributed by atoms with van der Waals surface area (Å²) in [5.74, 6) is 0.648. The van der Waals surface area contributed by atoms with E-state index in [9.17, 15) is 4.79 Å². The van der Waals surface area contributed by atoms with Crippen LogP contribution in [0.1, 0.15) is 17.3 Å². The Morgan fingerprint density at radius 3 is 2.68 bits per heavy atom. The zero-order valence-electron chi connectivity index (χ0n) is 14.0. The molecule has 0 radical (unpaired) electrons. The number of para-hydroxylation sites is 3. The summed E-state index contributed by atoms with van der Waals surface area (Å²) in [6.07, 6.45) is 0. The Balaban J connectivity index is 1.98. The van der Waals surface area contributed by atoms with E-state index in [0.29, 0.717) is 34.8 Å². The minimum Gasteiger partial charge on any atom is -0.493 e. The maximum Gasteiger partial charge on any atom is 0.261 e. The van der Waals surface area contributed by atoms with E-state index >= 15 is 0 Å². The molecule has 25 heavy (non-hydrogen) atoms. The number of hydrogen-bond acceptors (Lipinski definition) is 5. The van der Waals surface area contributed by atoms with Crippen molar-refractivity contribution in [1.82, 2.24) is 0 Å². The zero-order valence-corrected chi connectivity index (χ0v) is 14.0. The normalized spacial score (nSPS) is 10.5. The molecule has 0 atom stereocenters. The third kappa shape index (κ3) is 3.33. The molecule has 6 nitrogen and oxygen atoms in total. The average molecular weight is 338 g/mol. The van der Waals surface area contributed by atoms with E-state index in [1.54, 1.807) is 42.5 Å². The highest BCUT2D eigenvalue weighted by atomic mass is 16.5. The molecule has 1 heterocycles. The van der Waals surface area contributed by atoms with Crippen LogP contribution in [-0.2, 0) is 0 Å². The molecule has 0 aliphatic heterocycles. The van der Waals surface area contributed by atoms with Crippen LogP contribution in [0.25, 0.3) is 11.0 Å². The smallest absolute Gasteiger partial charge is 0.261 e. The lowest BCUT2D eigenvalue weighted by atomic mass is 10.1. The predicted molar refractivity (Wildman–Crippen MR) is 94.2 cm³/mol. The molecule has 0 fully saturated rings. The second-order valence-corrected chi connectivity index (χ2v) is 5.25. The number of ether oxygens (including phenoxy) is 2. The SMILES string of the molecule is CCOc1ccccc1NC(=O)c1cc2cccc(OC)c2oc1=N. The molecule has 1 aromatic heterocycles. The predicted octanol–water partition coefficient (Wildman–Crippen LogP) is 3.57. The highest BCUT2D eigenvalue weighted by molar-refractivity contribution is 6.06. The highest BCUT2D eigenvalue weighted by Gasteiger charge is 2.15. The van der Waals surface area contributed by atoms with Gasteiger partial charge in [0.2, 0.25) is 5.55 Å². The van der Waals surface area contributed by atoms with Gasteiger partial charge in [0.05, 0.1) is 19.4 Å². The van der Waals surface area contributed by atoms with Crippen molar-refractivity contribution in [3.8, 4) is 11.5 Å². The number of fused-ring (bicyclic) bond motifs is 1. The standard InChI is InChI=1S/C19H18N2O4/c1-3-24-15-9-5-4-8-14(15)21-19(22)13-11-12-7-6-10-16(23-2)17(12)25-18(13)20/h4-11,20H,3H2,1-2H3,(H,21,22). The van der Waals surface area contributed by atoms with E-state index in [-0.39, 0.29) is 11.1 Å². The van der Waals surface area contributed by atoms with Crippen LogP contribution >= 0.6 is 0 Å². The lowest BCUT2D eigenvalue weighted by molar-refractivity contribution is 0.102. The molecule has 3 aromatic rings. The van der Waals surface area contributed by atoms with Gasteiger partial charge in [-0.3, -0.25) is 10.2 Å². The van der Waals surface area contributed by atoms with Crippen LogP contribution in [0, 0.1) is 5.41 Å². The minimum atomic E-state index is -0.439. The van der Waals surface area contributed by atoms with E-state index in [4.69, 9.17) is 19.3 Å². The first kappa shape index (κ1) is 16.6. The number of rotatable bonds is 5. The Morgan fingerprint density at radius 1 is 1.16 bits per heavy atom. The maximum atomic E-state index is 12.6. The van der Waals surface area contributed by atoms with Crippen LogP contribution in [0.3, 0.4) is 0 Å². The summed E-state index contributed by atoms with van der Waals surface area (Å²) >= 11 is 0. The Bertz CT molecular complexity index is 979. The Morgan fingerprint density at radius 2 is 1.92 bits per heavy atom.